The Morgan fingerprint density at radius 2 is 1.92 bits per heavy atom. The molecule has 2 aliphatic heterocycles. The van der Waals surface area contributed by atoms with Gasteiger partial charge in [0.15, 0.2) is 11.5 Å². The van der Waals surface area contributed by atoms with Crippen molar-refractivity contribution in [1.29, 1.82) is 0 Å². The van der Waals surface area contributed by atoms with Gasteiger partial charge in [-0.05, 0) is 56.2 Å². The number of ether oxygens (including phenoxy) is 3. The van der Waals surface area contributed by atoms with E-state index in [1.54, 1.807) is 4.90 Å². The van der Waals surface area contributed by atoms with Crippen molar-refractivity contribution >= 4 is 22.9 Å². The molecule has 3 aromatic rings. The lowest BCUT2D eigenvalue weighted by Gasteiger charge is -2.30. The van der Waals surface area contributed by atoms with Gasteiger partial charge in [-0.1, -0.05) is 0 Å². The summed E-state index contributed by atoms with van der Waals surface area (Å²) in [6.07, 6.45) is 7.06. The molecule has 1 aromatic carbocycles. The number of likely N-dealkylation sites (tertiary alicyclic amines) is 1. The van der Waals surface area contributed by atoms with Gasteiger partial charge in [0.25, 0.3) is 0 Å². The molecule has 1 saturated heterocycles. The van der Waals surface area contributed by atoms with E-state index in [9.17, 15) is 14.7 Å². The summed E-state index contributed by atoms with van der Waals surface area (Å²) in [7, 11) is 0. The van der Waals surface area contributed by atoms with Crippen molar-refractivity contribution in [3.63, 3.8) is 0 Å². The number of carbonyl (C=O) groups excluding carboxylic acids is 1. The highest BCUT2D eigenvalue weighted by Gasteiger charge is 2.29. The van der Waals surface area contributed by atoms with E-state index in [-0.39, 0.29) is 24.9 Å². The maximum absolute atomic E-state index is 11.4. The molecule has 202 valence electrons. The number of piperidine rings is 1. The number of aliphatic hydroxyl groups is 1. The van der Waals surface area contributed by atoms with Crippen molar-refractivity contribution in [2.45, 2.75) is 25.7 Å². The predicted octanol–water partition coefficient (Wildman–Crippen LogP) is 2.02. The molecule has 0 spiro atoms. The Morgan fingerprint density at radius 1 is 1.13 bits per heavy atom. The fourth-order valence-corrected chi connectivity index (χ4v) is 4.60. The number of aromatic carboxylic acids is 1. The molecule has 2 aromatic heterocycles. The van der Waals surface area contributed by atoms with Crippen molar-refractivity contribution in [2.24, 2.45) is 17.6 Å². The monoisotopic (exact) mass is 525 g/mol. The van der Waals surface area contributed by atoms with Gasteiger partial charge < -0.3 is 40.0 Å². The molecule has 4 heterocycles. The van der Waals surface area contributed by atoms with E-state index in [0.29, 0.717) is 64.5 Å². The Morgan fingerprint density at radius 3 is 2.61 bits per heavy atom. The van der Waals surface area contributed by atoms with Crippen molar-refractivity contribution in [3.8, 4) is 28.5 Å². The average Bonchev–Trinajstić information content (AvgIpc) is 3.46. The summed E-state index contributed by atoms with van der Waals surface area (Å²) in [5.74, 6) is 1.72. The smallest absolute Gasteiger partial charge is 0.339 e. The first-order chi connectivity index (χ1) is 18.5. The standard InChI is InChI=1S/C18H15N3O5.C8H16N2O2/c22-18(23)10-5-19-16-14(10)20-7-21-15(16)13-11(24-6-9-1-2-9)3-4-12-17(13)26-8-25-12;9-5-7-1-3-10(4-2-7)8(12)6-11/h3-5,7,9,19H,1-2,6,8H2,(H,22,23);7,11H,1-6,9H2. The Kier molecular flexibility index (Phi) is 7.61. The Bertz CT molecular complexity index is 1310. The number of nitrogens with zero attached hydrogens (tertiary/aromatic N) is 3. The maximum atomic E-state index is 11.4. The van der Waals surface area contributed by atoms with Crippen molar-refractivity contribution < 1.29 is 34.0 Å². The number of nitrogens with one attached hydrogen (secondary N) is 1. The number of amides is 1. The highest BCUT2D eigenvalue weighted by Crippen LogP contribution is 2.48. The summed E-state index contributed by atoms with van der Waals surface area (Å²) in [5, 5.41) is 17.9. The average molecular weight is 526 g/mol. The fourth-order valence-electron chi connectivity index (χ4n) is 4.60. The number of nitrogens with two attached hydrogens (primary N) is 1. The number of aliphatic hydroxyl groups excluding tert-OH is 1. The summed E-state index contributed by atoms with van der Waals surface area (Å²) in [4.78, 5) is 35.6. The normalized spacial score (nSPS) is 16.7. The third-order valence-corrected chi connectivity index (χ3v) is 7.04. The minimum atomic E-state index is -1.05. The summed E-state index contributed by atoms with van der Waals surface area (Å²) < 4.78 is 17.2. The van der Waals surface area contributed by atoms with E-state index in [1.165, 1.54) is 25.4 Å². The molecular formula is C26H31N5O7. The quantitative estimate of drug-likeness (QED) is 0.357. The molecule has 0 atom stereocenters. The lowest BCUT2D eigenvalue weighted by Crippen LogP contribution is -2.41. The van der Waals surface area contributed by atoms with Crippen LogP contribution in [-0.4, -0.2) is 81.6 Å². The molecule has 12 heteroatoms. The first-order valence-corrected chi connectivity index (χ1v) is 12.7. The highest BCUT2D eigenvalue weighted by atomic mass is 16.7. The first-order valence-electron chi connectivity index (χ1n) is 12.7. The number of rotatable bonds is 7. The third kappa shape index (κ3) is 5.36. The summed E-state index contributed by atoms with van der Waals surface area (Å²) in [5.41, 5.74) is 7.62. The van der Waals surface area contributed by atoms with Gasteiger partial charge in [0.2, 0.25) is 12.7 Å². The zero-order chi connectivity index (χ0) is 26.6. The van der Waals surface area contributed by atoms with Crippen LogP contribution in [0.1, 0.15) is 36.0 Å². The SMILES string of the molecule is NCC1CCN(C(=O)CO)CC1.O=C(O)c1c[nH]c2c(-c3c(OCC4CC4)ccc4c3OCO4)ncnc12. The number of hydrogen-bond donors (Lipinski definition) is 4. The number of H-pyrrole nitrogens is 1. The summed E-state index contributed by atoms with van der Waals surface area (Å²) in [6.45, 7) is 2.59. The molecule has 3 aliphatic rings. The van der Waals surface area contributed by atoms with E-state index in [2.05, 4.69) is 15.0 Å². The molecule has 0 bridgehead atoms. The molecule has 2 fully saturated rings. The van der Waals surface area contributed by atoms with E-state index < -0.39 is 5.97 Å². The van der Waals surface area contributed by atoms with Gasteiger partial charge >= 0.3 is 5.97 Å². The minimum Gasteiger partial charge on any atom is -0.492 e. The zero-order valence-electron chi connectivity index (χ0n) is 20.9. The molecule has 1 saturated carbocycles. The van der Waals surface area contributed by atoms with Crippen LogP contribution < -0.4 is 19.9 Å². The second-order valence-corrected chi connectivity index (χ2v) is 9.60. The van der Waals surface area contributed by atoms with Gasteiger partial charge in [0.05, 0.1) is 17.7 Å². The molecule has 38 heavy (non-hydrogen) atoms. The number of carbonyl (C=O) groups is 2. The number of aromatic amines is 1. The van der Waals surface area contributed by atoms with Crippen molar-refractivity contribution in [1.82, 2.24) is 19.9 Å². The van der Waals surface area contributed by atoms with Gasteiger partial charge in [0.1, 0.15) is 35.5 Å². The molecule has 6 rings (SSSR count). The molecule has 1 aliphatic carbocycles. The second kappa shape index (κ2) is 11.2. The number of hydrogen-bond acceptors (Lipinski definition) is 9. The lowest BCUT2D eigenvalue weighted by molar-refractivity contribution is -0.135. The minimum absolute atomic E-state index is 0.0915. The van der Waals surface area contributed by atoms with Crippen LogP contribution in [0.3, 0.4) is 0 Å². The Balaban J connectivity index is 0.000000207. The maximum Gasteiger partial charge on any atom is 0.339 e. The number of carboxylic acid groups (broad SMARTS) is 1. The first kappa shape index (κ1) is 25.7. The van der Waals surface area contributed by atoms with Gasteiger partial charge in [-0.25, -0.2) is 14.8 Å². The molecular weight excluding hydrogens is 494 g/mol. The highest BCUT2D eigenvalue weighted by molar-refractivity contribution is 6.05. The predicted molar refractivity (Wildman–Crippen MR) is 136 cm³/mol. The van der Waals surface area contributed by atoms with Gasteiger partial charge in [-0.15, -0.1) is 0 Å². The van der Waals surface area contributed by atoms with E-state index >= 15 is 0 Å². The third-order valence-electron chi connectivity index (χ3n) is 7.04. The van der Waals surface area contributed by atoms with Crippen molar-refractivity contribution in [3.05, 3.63) is 30.2 Å². The number of aromatic nitrogens is 3. The van der Waals surface area contributed by atoms with E-state index in [1.807, 2.05) is 12.1 Å². The number of carboxylic acids is 1. The van der Waals surface area contributed by atoms with Crippen LogP contribution in [0, 0.1) is 11.8 Å². The number of benzene rings is 1. The largest absolute Gasteiger partial charge is 0.492 e. The molecule has 12 nitrogen and oxygen atoms in total. The van der Waals surface area contributed by atoms with Crippen LogP contribution in [0.2, 0.25) is 0 Å². The Hall–Kier alpha value is -3.90. The van der Waals surface area contributed by atoms with E-state index in [4.69, 9.17) is 25.1 Å². The molecule has 0 unspecified atom stereocenters. The second-order valence-electron chi connectivity index (χ2n) is 9.60. The van der Waals surface area contributed by atoms with Gasteiger partial charge in [-0.2, -0.15) is 0 Å². The number of fused-ring (bicyclic) bond motifs is 2. The van der Waals surface area contributed by atoms with Crippen LogP contribution in [0.15, 0.2) is 24.7 Å². The molecule has 0 radical (unpaired) electrons. The van der Waals surface area contributed by atoms with Gasteiger partial charge in [-0.3, -0.25) is 4.79 Å². The molecule has 5 N–H and O–H groups in total. The summed E-state index contributed by atoms with van der Waals surface area (Å²) in [6, 6.07) is 3.64. The van der Waals surface area contributed by atoms with E-state index in [0.717, 1.165) is 25.9 Å². The molecule has 1 amide bonds. The fraction of sp³-hybridized carbons (Fsp3) is 0.462. The van der Waals surface area contributed by atoms with Crippen LogP contribution >= 0.6 is 0 Å². The summed E-state index contributed by atoms with van der Waals surface area (Å²) >= 11 is 0. The van der Waals surface area contributed by atoms with Crippen LogP contribution in [0.4, 0.5) is 0 Å². The zero-order valence-corrected chi connectivity index (χ0v) is 20.9. The van der Waals surface area contributed by atoms with Gasteiger partial charge in [0, 0.05) is 19.3 Å². The van der Waals surface area contributed by atoms with Crippen LogP contribution in [-0.2, 0) is 4.79 Å². The van der Waals surface area contributed by atoms with Crippen LogP contribution in [0.5, 0.6) is 17.2 Å². The Labute approximate surface area is 218 Å². The lowest BCUT2D eigenvalue weighted by atomic mass is 9.97. The topological polar surface area (TPSA) is 173 Å². The van der Waals surface area contributed by atoms with Crippen molar-refractivity contribution in [2.75, 3.05) is 39.6 Å². The van der Waals surface area contributed by atoms with Crippen LogP contribution in [0.25, 0.3) is 22.3 Å².